The minimum Gasteiger partial charge on any atom is -0.497 e. The second-order valence-corrected chi connectivity index (χ2v) is 4.35. The molecule has 0 amide bonds. The Labute approximate surface area is 122 Å². The first-order valence-corrected chi connectivity index (χ1v) is 6.38. The number of esters is 1. The Hall–Kier alpha value is -2.56. The molecular formula is C16H16FNO3. The van der Waals surface area contributed by atoms with Gasteiger partial charge in [-0.15, -0.1) is 0 Å². The lowest BCUT2D eigenvalue weighted by Crippen LogP contribution is -2.23. The summed E-state index contributed by atoms with van der Waals surface area (Å²) in [6, 6.07) is 12.2. The van der Waals surface area contributed by atoms with Gasteiger partial charge in [0.05, 0.1) is 14.2 Å². The highest BCUT2D eigenvalue weighted by Gasteiger charge is 2.24. The molecule has 2 aromatic carbocycles. The number of benzene rings is 2. The highest BCUT2D eigenvalue weighted by atomic mass is 19.1. The Morgan fingerprint density at radius 1 is 1.10 bits per heavy atom. The summed E-state index contributed by atoms with van der Waals surface area (Å²) >= 11 is 0. The normalized spacial score (nSPS) is 11.6. The summed E-state index contributed by atoms with van der Waals surface area (Å²) in [6.07, 6.45) is 0. The number of ether oxygens (including phenoxy) is 2. The number of hydrogen-bond acceptors (Lipinski definition) is 4. The summed E-state index contributed by atoms with van der Waals surface area (Å²) in [5, 5.41) is 2.97. The molecule has 1 N–H and O–H groups in total. The Balaban J connectivity index is 2.28. The molecule has 0 saturated carbocycles. The van der Waals surface area contributed by atoms with Gasteiger partial charge in [0.25, 0.3) is 0 Å². The van der Waals surface area contributed by atoms with E-state index in [0.717, 1.165) is 0 Å². The SMILES string of the molecule is COC(=O)C(Nc1ccc(OC)cc1)c1ccccc1F. The Morgan fingerprint density at radius 3 is 2.33 bits per heavy atom. The average Bonchev–Trinajstić information content (AvgIpc) is 2.53. The second-order valence-electron chi connectivity index (χ2n) is 4.35. The number of methoxy groups -OCH3 is 2. The molecule has 0 spiro atoms. The minimum atomic E-state index is -0.912. The van der Waals surface area contributed by atoms with Gasteiger partial charge in [-0.1, -0.05) is 18.2 Å². The third kappa shape index (κ3) is 3.51. The molecule has 0 aliphatic rings. The summed E-state index contributed by atoms with van der Waals surface area (Å²) in [4.78, 5) is 11.9. The lowest BCUT2D eigenvalue weighted by molar-refractivity contribution is -0.141. The van der Waals surface area contributed by atoms with E-state index in [9.17, 15) is 9.18 Å². The van der Waals surface area contributed by atoms with E-state index in [2.05, 4.69) is 5.32 Å². The van der Waals surface area contributed by atoms with Gasteiger partial charge in [0.2, 0.25) is 0 Å². The topological polar surface area (TPSA) is 47.6 Å². The van der Waals surface area contributed by atoms with Crippen LogP contribution in [-0.2, 0) is 9.53 Å². The van der Waals surface area contributed by atoms with Crippen LogP contribution in [0.3, 0.4) is 0 Å². The molecule has 0 bridgehead atoms. The van der Waals surface area contributed by atoms with E-state index in [4.69, 9.17) is 9.47 Å². The summed E-state index contributed by atoms with van der Waals surface area (Å²) in [5.41, 5.74) is 0.898. The van der Waals surface area contributed by atoms with Crippen molar-refractivity contribution in [3.8, 4) is 5.75 Å². The number of carbonyl (C=O) groups is 1. The molecule has 0 radical (unpaired) electrons. The molecule has 1 unspecified atom stereocenters. The van der Waals surface area contributed by atoms with E-state index in [1.54, 1.807) is 49.6 Å². The molecule has 4 nitrogen and oxygen atoms in total. The summed E-state index contributed by atoms with van der Waals surface area (Å²) < 4.78 is 23.7. The van der Waals surface area contributed by atoms with Gasteiger partial charge in [-0.25, -0.2) is 9.18 Å². The fourth-order valence-electron chi connectivity index (χ4n) is 1.94. The molecular weight excluding hydrogens is 273 g/mol. The monoisotopic (exact) mass is 289 g/mol. The van der Waals surface area contributed by atoms with E-state index >= 15 is 0 Å². The van der Waals surface area contributed by atoms with Gasteiger partial charge >= 0.3 is 5.97 Å². The van der Waals surface area contributed by atoms with Crippen LogP contribution in [0.15, 0.2) is 48.5 Å². The van der Waals surface area contributed by atoms with Crippen molar-refractivity contribution in [1.82, 2.24) is 0 Å². The van der Waals surface area contributed by atoms with E-state index in [1.165, 1.54) is 13.2 Å². The Bertz CT molecular complexity index is 613. The zero-order chi connectivity index (χ0) is 15.2. The third-order valence-electron chi connectivity index (χ3n) is 3.05. The lowest BCUT2D eigenvalue weighted by Gasteiger charge is -2.18. The first-order chi connectivity index (χ1) is 10.2. The molecule has 0 aliphatic heterocycles. The van der Waals surface area contributed by atoms with Gasteiger partial charge in [-0.2, -0.15) is 0 Å². The molecule has 2 aromatic rings. The summed E-state index contributed by atoms with van der Waals surface area (Å²) in [7, 11) is 2.84. The first kappa shape index (κ1) is 14.8. The highest BCUT2D eigenvalue weighted by Crippen LogP contribution is 2.24. The highest BCUT2D eigenvalue weighted by molar-refractivity contribution is 5.81. The van der Waals surface area contributed by atoms with Gasteiger partial charge in [-0.05, 0) is 30.3 Å². The zero-order valence-corrected chi connectivity index (χ0v) is 11.8. The van der Waals surface area contributed by atoms with Crippen molar-refractivity contribution >= 4 is 11.7 Å². The van der Waals surface area contributed by atoms with E-state index < -0.39 is 17.8 Å². The van der Waals surface area contributed by atoms with Crippen LogP contribution in [0.1, 0.15) is 11.6 Å². The van der Waals surface area contributed by atoms with E-state index in [1.807, 2.05) is 0 Å². The van der Waals surface area contributed by atoms with Crippen LogP contribution < -0.4 is 10.1 Å². The smallest absolute Gasteiger partial charge is 0.333 e. The molecule has 2 rings (SSSR count). The van der Waals surface area contributed by atoms with Gasteiger partial charge in [0, 0.05) is 11.3 Å². The van der Waals surface area contributed by atoms with Crippen molar-refractivity contribution in [2.24, 2.45) is 0 Å². The summed E-state index contributed by atoms with van der Waals surface area (Å²) in [5.74, 6) is -0.328. The zero-order valence-electron chi connectivity index (χ0n) is 11.8. The third-order valence-corrected chi connectivity index (χ3v) is 3.05. The van der Waals surface area contributed by atoms with Crippen LogP contribution in [0, 0.1) is 5.82 Å². The Kier molecular flexibility index (Phi) is 4.77. The van der Waals surface area contributed by atoms with Gasteiger partial charge < -0.3 is 14.8 Å². The maximum Gasteiger partial charge on any atom is 0.333 e. The quantitative estimate of drug-likeness (QED) is 0.859. The van der Waals surface area contributed by atoms with Crippen molar-refractivity contribution in [2.45, 2.75) is 6.04 Å². The number of hydrogen-bond donors (Lipinski definition) is 1. The molecule has 1 atom stereocenters. The maximum absolute atomic E-state index is 13.9. The van der Waals surface area contributed by atoms with Crippen molar-refractivity contribution in [2.75, 3.05) is 19.5 Å². The van der Waals surface area contributed by atoms with Crippen molar-refractivity contribution in [1.29, 1.82) is 0 Å². The largest absolute Gasteiger partial charge is 0.497 e. The molecule has 0 saturated heterocycles. The standard InChI is InChI=1S/C16H16FNO3/c1-20-12-9-7-11(8-10-12)18-15(16(19)21-2)13-5-3-4-6-14(13)17/h3-10,15,18H,1-2H3. The molecule has 0 aromatic heterocycles. The number of anilines is 1. The lowest BCUT2D eigenvalue weighted by atomic mass is 10.1. The number of nitrogens with one attached hydrogen (secondary N) is 1. The van der Waals surface area contributed by atoms with Crippen LogP contribution in [0.2, 0.25) is 0 Å². The first-order valence-electron chi connectivity index (χ1n) is 6.38. The van der Waals surface area contributed by atoms with Gasteiger partial charge in [0.15, 0.2) is 6.04 Å². The number of halogens is 1. The van der Waals surface area contributed by atoms with Gasteiger partial charge in [0.1, 0.15) is 11.6 Å². The fraction of sp³-hybridized carbons (Fsp3) is 0.188. The van der Waals surface area contributed by atoms with Crippen molar-refractivity contribution < 1.29 is 18.7 Å². The molecule has 110 valence electrons. The average molecular weight is 289 g/mol. The molecule has 0 fully saturated rings. The second kappa shape index (κ2) is 6.74. The van der Waals surface area contributed by atoms with Crippen molar-refractivity contribution in [3.05, 3.63) is 59.9 Å². The summed E-state index contributed by atoms with van der Waals surface area (Å²) in [6.45, 7) is 0. The molecule has 21 heavy (non-hydrogen) atoms. The number of rotatable bonds is 5. The predicted molar refractivity (Wildman–Crippen MR) is 77.8 cm³/mol. The fourth-order valence-corrected chi connectivity index (χ4v) is 1.94. The van der Waals surface area contributed by atoms with Crippen LogP contribution >= 0.6 is 0 Å². The minimum absolute atomic E-state index is 0.236. The van der Waals surface area contributed by atoms with Crippen LogP contribution in [0.4, 0.5) is 10.1 Å². The predicted octanol–water partition coefficient (Wildman–Crippen LogP) is 3.16. The van der Waals surface area contributed by atoms with Crippen LogP contribution in [0.5, 0.6) is 5.75 Å². The van der Waals surface area contributed by atoms with Gasteiger partial charge in [-0.3, -0.25) is 0 Å². The van der Waals surface area contributed by atoms with E-state index in [0.29, 0.717) is 11.4 Å². The van der Waals surface area contributed by atoms with Crippen LogP contribution in [-0.4, -0.2) is 20.2 Å². The number of carbonyl (C=O) groups excluding carboxylic acids is 1. The molecule has 0 heterocycles. The van der Waals surface area contributed by atoms with Crippen LogP contribution in [0.25, 0.3) is 0 Å². The Morgan fingerprint density at radius 2 is 1.76 bits per heavy atom. The maximum atomic E-state index is 13.9. The molecule has 5 heteroatoms. The van der Waals surface area contributed by atoms with E-state index in [-0.39, 0.29) is 5.56 Å². The van der Waals surface area contributed by atoms with Crippen molar-refractivity contribution in [3.63, 3.8) is 0 Å². The molecule has 0 aliphatic carbocycles.